The number of rotatable bonds is 13. The Morgan fingerprint density at radius 1 is 1.08 bits per heavy atom. The predicted octanol–water partition coefficient (Wildman–Crippen LogP) is 5.48. The van der Waals surface area contributed by atoms with Crippen LogP contribution in [0, 0.1) is 3.57 Å². The molecule has 1 unspecified atom stereocenters. The Labute approximate surface area is 171 Å². The minimum absolute atomic E-state index is 0.00683. The van der Waals surface area contributed by atoms with Gasteiger partial charge in [-0.05, 0) is 52.8 Å². The number of Topliss-reactive ketones (excluding diaryl/α,β-unsaturated/α-hetero) is 1. The molecule has 26 heavy (non-hydrogen) atoms. The molecule has 0 saturated heterocycles. The summed E-state index contributed by atoms with van der Waals surface area (Å²) in [6.07, 6.45) is 8.25. The van der Waals surface area contributed by atoms with Crippen molar-refractivity contribution >= 4 is 34.3 Å². The van der Waals surface area contributed by atoms with Crippen molar-refractivity contribution in [1.29, 1.82) is 0 Å². The van der Waals surface area contributed by atoms with Gasteiger partial charge in [0.25, 0.3) is 0 Å². The van der Waals surface area contributed by atoms with Crippen LogP contribution in [0.4, 0.5) is 0 Å². The summed E-state index contributed by atoms with van der Waals surface area (Å²) in [4.78, 5) is 24.0. The zero-order chi connectivity index (χ0) is 19.4. The molecule has 4 nitrogen and oxygen atoms in total. The van der Waals surface area contributed by atoms with Gasteiger partial charge in [0, 0.05) is 23.3 Å². The van der Waals surface area contributed by atoms with Gasteiger partial charge in [0.1, 0.15) is 5.75 Å². The molecule has 0 amide bonds. The van der Waals surface area contributed by atoms with Gasteiger partial charge in [0.15, 0.2) is 11.9 Å². The Hall–Kier alpha value is -1.11. The molecule has 0 saturated carbocycles. The first kappa shape index (κ1) is 22.9. The maximum absolute atomic E-state index is 12.6. The van der Waals surface area contributed by atoms with Crippen LogP contribution >= 0.6 is 22.6 Å². The van der Waals surface area contributed by atoms with Gasteiger partial charge in [-0.2, -0.15) is 0 Å². The number of unbranched alkanes of at least 4 members (excludes halogenated alkanes) is 6. The average Bonchev–Trinajstić information content (AvgIpc) is 2.61. The van der Waals surface area contributed by atoms with Gasteiger partial charge >= 0.3 is 5.97 Å². The lowest BCUT2D eigenvalue weighted by molar-refractivity contribution is -0.153. The molecule has 1 atom stereocenters. The molecule has 0 fully saturated rings. The summed E-state index contributed by atoms with van der Waals surface area (Å²) in [5, 5.41) is 0. The fraction of sp³-hybridized carbons (Fsp3) is 0.619. The number of hydrogen-bond acceptors (Lipinski definition) is 4. The molecule has 1 aromatic carbocycles. The van der Waals surface area contributed by atoms with Gasteiger partial charge in [0.05, 0.1) is 7.11 Å². The summed E-state index contributed by atoms with van der Waals surface area (Å²) in [7, 11) is 1.61. The van der Waals surface area contributed by atoms with Crippen molar-refractivity contribution in [2.45, 2.75) is 77.7 Å². The van der Waals surface area contributed by atoms with E-state index in [1.54, 1.807) is 7.11 Å². The molecule has 1 aromatic rings. The third kappa shape index (κ3) is 9.01. The highest BCUT2D eigenvalue weighted by Crippen LogP contribution is 2.22. The van der Waals surface area contributed by atoms with E-state index in [0.717, 1.165) is 27.7 Å². The van der Waals surface area contributed by atoms with Gasteiger partial charge in [-0.15, -0.1) is 0 Å². The van der Waals surface area contributed by atoms with Gasteiger partial charge < -0.3 is 9.47 Å². The van der Waals surface area contributed by atoms with Crippen molar-refractivity contribution in [3.63, 3.8) is 0 Å². The molecular weight excluding hydrogens is 443 g/mol. The first-order chi connectivity index (χ1) is 12.5. The van der Waals surface area contributed by atoms with Crippen molar-refractivity contribution in [1.82, 2.24) is 0 Å². The highest BCUT2D eigenvalue weighted by Gasteiger charge is 2.22. The maximum Gasteiger partial charge on any atom is 0.303 e. The normalized spacial score (nSPS) is 11.8. The minimum Gasteiger partial charge on any atom is -0.497 e. The van der Waals surface area contributed by atoms with Crippen LogP contribution in [-0.2, 0) is 20.7 Å². The molecule has 0 spiro atoms. The van der Waals surface area contributed by atoms with Gasteiger partial charge in [-0.25, -0.2) is 0 Å². The third-order valence-corrected chi connectivity index (χ3v) is 5.40. The minimum atomic E-state index is -0.715. The van der Waals surface area contributed by atoms with Crippen LogP contribution in [0.3, 0.4) is 0 Å². The SMILES string of the molecule is CCCCCCCCCC(=O)C(Cc1cc(OC)ccc1I)OC(C)=O. The fourth-order valence-corrected chi connectivity index (χ4v) is 3.43. The lowest BCUT2D eigenvalue weighted by Gasteiger charge is -2.17. The number of hydrogen-bond donors (Lipinski definition) is 0. The number of ketones is 1. The van der Waals surface area contributed by atoms with Crippen molar-refractivity contribution < 1.29 is 19.1 Å². The van der Waals surface area contributed by atoms with E-state index in [-0.39, 0.29) is 5.78 Å². The van der Waals surface area contributed by atoms with Crippen LogP contribution < -0.4 is 4.74 Å². The zero-order valence-electron chi connectivity index (χ0n) is 16.2. The van der Waals surface area contributed by atoms with E-state index in [4.69, 9.17) is 9.47 Å². The number of methoxy groups -OCH3 is 1. The molecular formula is C21H31IO4. The number of halogens is 1. The maximum atomic E-state index is 12.6. The largest absolute Gasteiger partial charge is 0.497 e. The molecule has 0 bridgehead atoms. The average molecular weight is 474 g/mol. The molecule has 0 radical (unpaired) electrons. The van der Waals surface area contributed by atoms with E-state index in [9.17, 15) is 9.59 Å². The lowest BCUT2D eigenvalue weighted by atomic mass is 10.00. The summed E-state index contributed by atoms with van der Waals surface area (Å²) in [6, 6.07) is 5.73. The number of carbonyl (C=O) groups excluding carboxylic acids is 2. The Morgan fingerprint density at radius 2 is 1.73 bits per heavy atom. The topological polar surface area (TPSA) is 52.6 Å². The molecule has 5 heteroatoms. The van der Waals surface area contributed by atoms with E-state index in [2.05, 4.69) is 29.5 Å². The second kappa shape index (κ2) is 13.1. The van der Waals surface area contributed by atoms with E-state index >= 15 is 0 Å². The van der Waals surface area contributed by atoms with E-state index < -0.39 is 12.1 Å². The first-order valence-corrected chi connectivity index (χ1v) is 10.6. The first-order valence-electron chi connectivity index (χ1n) is 9.50. The molecule has 0 aliphatic rings. The van der Waals surface area contributed by atoms with Crippen LogP contribution in [0.15, 0.2) is 18.2 Å². The van der Waals surface area contributed by atoms with Gasteiger partial charge in [-0.3, -0.25) is 9.59 Å². The second-order valence-electron chi connectivity index (χ2n) is 6.60. The molecule has 0 heterocycles. The summed E-state index contributed by atoms with van der Waals surface area (Å²) in [5.41, 5.74) is 0.962. The van der Waals surface area contributed by atoms with Crippen molar-refractivity contribution in [3.8, 4) is 5.75 Å². The predicted molar refractivity (Wildman–Crippen MR) is 113 cm³/mol. The summed E-state index contributed by atoms with van der Waals surface area (Å²) < 4.78 is 11.6. The summed E-state index contributed by atoms with van der Waals surface area (Å²) in [6.45, 7) is 3.56. The molecule has 146 valence electrons. The summed E-state index contributed by atoms with van der Waals surface area (Å²) in [5.74, 6) is 0.328. The van der Waals surface area contributed by atoms with Crippen LogP contribution in [0.2, 0.25) is 0 Å². The number of carbonyl (C=O) groups is 2. The number of benzene rings is 1. The van der Waals surface area contributed by atoms with Crippen LogP contribution in [0.5, 0.6) is 5.75 Å². The monoisotopic (exact) mass is 474 g/mol. The molecule has 0 aromatic heterocycles. The Balaban J connectivity index is 2.57. The highest BCUT2D eigenvalue weighted by molar-refractivity contribution is 14.1. The van der Waals surface area contributed by atoms with Crippen molar-refractivity contribution in [2.24, 2.45) is 0 Å². The smallest absolute Gasteiger partial charge is 0.303 e. The molecule has 1 rings (SSSR count). The Kier molecular flexibility index (Phi) is 11.6. The third-order valence-electron chi connectivity index (χ3n) is 4.35. The van der Waals surface area contributed by atoms with E-state index in [1.165, 1.54) is 39.0 Å². The number of ether oxygens (including phenoxy) is 2. The van der Waals surface area contributed by atoms with Gasteiger partial charge in [0.2, 0.25) is 0 Å². The molecule has 0 N–H and O–H groups in total. The Bertz CT molecular complexity index is 571. The van der Waals surface area contributed by atoms with Crippen LogP contribution in [0.25, 0.3) is 0 Å². The Morgan fingerprint density at radius 3 is 2.35 bits per heavy atom. The molecule has 0 aliphatic heterocycles. The van der Waals surface area contributed by atoms with Gasteiger partial charge in [-0.1, -0.05) is 45.4 Å². The van der Waals surface area contributed by atoms with Crippen molar-refractivity contribution in [3.05, 3.63) is 27.3 Å². The van der Waals surface area contributed by atoms with Crippen LogP contribution in [0.1, 0.15) is 70.8 Å². The quantitative estimate of drug-likeness (QED) is 0.216. The van der Waals surface area contributed by atoms with Crippen LogP contribution in [-0.4, -0.2) is 25.0 Å². The second-order valence-corrected chi connectivity index (χ2v) is 7.76. The summed E-state index contributed by atoms with van der Waals surface area (Å²) >= 11 is 2.23. The fourth-order valence-electron chi connectivity index (χ4n) is 2.87. The van der Waals surface area contributed by atoms with Crippen molar-refractivity contribution in [2.75, 3.05) is 7.11 Å². The lowest BCUT2D eigenvalue weighted by Crippen LogP contribution is -2.29. The zero-order valence-corrected chi connectivity index (χ0v) is 18.3. The standard InChI is InChI=1S/C21H31IO4/c1-4-5-6-7-8-9-10-11-20(24)21(26-16(2)23)15-17-14-18(25-3)12-13-19(17)22/h12-14,21H,4-11,15H2,1-3H3. The highest BCUT2D eigenvalue weighted by atomic mass is 127. The number of esters is 1. The van der Waals surface area contributed by atoms with E-state index in [1.807, 2.05) is 18.2 Å². The molecule has 0 aliphatic carbocycles. The van der Waals surface area contributed by atoms with E-state index in [0.29, 0.717) is 12.8 Å².